The maximum atomic E-state index is 13.4. The Kier molecular flexibility index (Phi) is 11.3. The van der Waals surface area contributed by atoms with Crippen molar-refractivity contribution >= 4 is 41.2 Å². The van der Waals surface area contributed by atoms with Gasteiger partial charge in [-0.1, -0.05) is 49.8 Å². The fourth-order valence-corrected chi connectivity index (χ4v) is 6.62. The molecule has 1 aromatic rings. The molecule has 10 nitrogen and oxygen atoms in total. The van der Waals surface area contributed by atoms with Crippen LogP contribution in [-0.4, -0.2) is 50.4 Å². The first kappa shape index (κ1) is 36.5. The number of aromatic nitrogens is 1. The second-order valence-electron chi connectivity index (χ2n) is 11.9. The summed E-state index contributed by atoms with van der Waals surface area (Å²) in [7, 11) is 3.97. The molecule has 0 amide bonds. The molecule has 0 aromatic carbocycles. The van der Waals surface area contributed by atoms with E-state index in [0.29, 0.717) is 34.7 Å². The number of rotatable bonds is 8. The summed E-state index contributed by atoms with van der Waals surface area (Å²) in [5.74, 6) is -1.95. The van der Waals surface area contributed by atoms with Gasteiger partial charge in [0.05, 0.1) is 55.1 Å². The number of esters is 2. The van der Waals surface area contributed by atoms with Gasteiger partial charge in [0, 0.05) is 40.7 Å². The largest absolute Gasteiger partial charge is 2.00 e. The number of ether oxygens (including phenoxy) is 3. The normalized spacial score (nSPS) is 21.0. The van der Waals surface area contributed by atoms with E-state index in [0.717, 1.165) is 56.5 Å². The van der Waals surface area contributed by atoms with Crippen LogP contribution >= 0.6 is 0 Å². The minimum absolute atomic E-state index is 0. The third-order valence-electron chi connectivity index (χ3n) is 9.40. The van der Waals surface area contributed by atoms with Crippen LogP contribution in [0.15, 0.2) is 84.6 Å². The average Bonchev–Trinajstić information content (AvgIpc) is 3.74. The first-order valence-electron chi connectivity index (χ1n) is 15.7. The van der Waals surface area contributed by atoms with Crippen molar-refractivity contribution in [1.29, 1.82) is 0 Å². The number of nitrogens with zero attached hydrogens (tertiary/aromatic N) is 4. The van der Waals surface area contributed by atoms with Crippen molar-refractivity contribution in [1.82, 2.24) is 4.98 Å². The van der Waals surface area contributed by atoms with Crippen molar-refractivity contribution in [2.45, 2.75) is 60.3 Å². The van der Waals surface area contributed by atoms with E-state index in [1.54, 1.807) is 13.0 Å². The Hall–Kier alpha value is -4.37. The number of allylic oxidation sites excluding steroid dienone is 8. The molecule has 5 heterocycles. The Morgan fingerprint density at radius 2 is 1.69 bits per heavy atom. The van der Waals surface area contributed by atoms with Crippen LogP contribution in [0, 0.1) is 18.8 Å². The van der Waals surface area contributed by atoms with Gasteiger partial charge >= 0.3 is 31.4 Å². The molecule has 0 spiro atoms. The van der Waals surface area contributed by atoms with Crippen LogP contribution < -0.4 is 20.8 Å². The Morgan fingerprint density at radius 1 is 0.979 bits per heavy atom. The molecule has 1 aromatic heterocycles. The van der Waals surface area contributed by atoms with Crippen LogP contribution in [0.1, 0.15) is 58.1 Å². The van der Waals surface area contributed by atoms with Crippen LogP contribution in [0.25, 0.3) is 12.2 Å². The number of hydrogen-bond donors (Lipinski definition) is 0. The number of aliphatic imine (C=N–C) groups is 3. The molecule has 2 atom stereocenters. The number of hydrogen-bond acceptors (Lipinski definition) is 9. The van der Waals surface area contributed by atoms with E-state index in [9.17, 15) is 14.7 Å². The predicted octanol–water partition coefficient (Wildman–Crippen LogP) is 3.35. The second kappa shape index (κ2) is 14.8. The summed E-state index contributed by atoms with van der Waals surface area (Å²) in [6.07, 6.45) is 8.66. The minimum Gasteiger partial charge on any atom is -0.657 e. The Balaban J connectivity index is 0.00000520. The van der Waals surface area contributed by atoms with Gasteiger partial charge in [-0.15, -0.1) is 10.7 Å². The molecule has 8 bridgehead atoms. The van der Waals surface area contributed by atoms with Gasteiger partial charge in [-0.3, -0.25) is 14.6 Å². The maximum Gasteiger partial charge on any atom is 2.00 e. The molecule has 4 aliphatic rings. The number of methoxy groups -OCH3 is 3. The molecule has 11 heteroatoms. The van der Waals surface area contributed by atoms with Gasteiger partial charge in [-0.05, 0) is 57.9 Å². The topological polar surface area (TPSA) is 136 Å². The van der Waals surface area contributed by atoms with Crippen molar-refractivity contribution in [3.63, 3.8) is 0 Å². The van der Waals surface area contributed by atoms with Crippen LogP contribution in [0.2, 0.25) is 0 Å². The SMILES string of the molecule is C=CC1=C(C)C2=CC3=NC(=C(CC(=O)OC)C4=NC(=C(C)C4=C([O-])OC)C=c4[n-]c(c(C)c4CC)=CC1=N2)C(CCC(=O)OC)C3C.[Zn+2]. The van der Waals surface area contributed by atoms with E-state index in [1.165, 1.54) is 21.3 Å². The van der Waals surface area contributed by atoms with Gasteiger partial charge in [0.25, 0.3) is 0 Å². The standard InChI is InChI=1S/C37H41N4O6.Zn/c1-10-22-18(3)26-15-28-20(5)24(12-13-32(42)45-7)35(40-28)25(14-33(43)46-8)36-34(37(44)47-9)21(6)29(41-36)17-31-23(11-2)19(4)27(39-31)16-30(22)38-26;/h10,15-17,20,24H,1,11-14H2,2-9H3,(H-,38,39,40,41,44);/q-1;+2/p-1. The number of carbonyl (C=O) groups is 2. The minimum atomic E-state index is -0.587. The van der Waals surface area contributed by atoms with Gasteiger partial charge in [0.15, 0.2) is 0 Å². The summed E-state index contributed by atoms with van der Waals surface area (Å²) in [5.41, 5.74) is 8.77. The molecule has 4 aliphatic heterocycles. The van der Waals surface area contributed by atoms with Crippen LogP contribution in [0.3, 0.4) is 0 Å². The zero-order valence-corrected chi connectivity index (χ0v) is 31.9. The van der Waals surface area contributed by atoms with Crippen molar-refractivity contribution < 1.29 is 48.4 Å². The van der Waals surface area contributed by atoms with E-state index >= 15 is 0 Å². The van der Waals surface area contributed by atoms with Gasteiger partial charge < -0.3 is 24.3 Å². The Bertz CT molecular complexity index is 1960. The monoisotopic (exact) mass is 700 g/mol. The van der Waals surface area contributed by atoms with Crippen molar-refractivity contribution in [3.05, 3.63) is 91.5 Å². The molecule has 246 valence electrons. The maximum absolute atomic E-state index is 13.4. The molecule has 0 N–H and O–H groups in total. The summed E-state index contributed by atoms with van der Waals surface area (Å²) in [5, 5.41) is 14.9. The zero-order valence-electron chi connectivity index (χ0n) is 28.9. The summed E-state index contributed by atoms with van der Waals surface area (Å²) in [4.78, 5) is 45.5. The average molecular weight is 702 g/mol. The molecule has 0 saturated heterocycles. The summed E-state index contributed by atoms with van der Waals surface area (Å²) < 4.78 is 15.3. The predicted molar refractivity (Wildman–Crippen MR) is 180 cm³/mol. The molecule has 48 heavy (non-hydrogen) atoms. The third-order valence-corrected chi connectivity index (χ3v) is 9.40. The van der Waals surface area contributed by atoms with Crippen molar-refractivity contribution in [2.75, 3.05) is 21.3 Å². The number of carbonyl (C=O) groups excluding carboxylic acids is 2. The summed E-state index contributed by atoms with van der Waals surface area (Å²) in [6.45, 7) is 14.0. The quantitative estimate of drug-likeness (QED) is 0.231. The van der Waals surface area contributed by atoms with E-state index in [1.807, 2.05) is 39.0 Å². The smallest absolute Gasteiger partial charge is 0.657 e. The van der Waals surface area contributed by atoms with E-state index < -0.39 is 11.9 Å². The van der Waals surface area contributed by atoms with Gasteiger partial charge in [0.2, 0.25) is 0 Å². The fraction of sp³-hybridized carbons (Fsp3) is 0.378. The van der Waals surface area contributed by atoms with Gasteiger partial charge in [-0.2, -0.15) is 0 Å². The third kappa shape index (κ3) is 6.53. The van der Waals surface area contributed by atoms with Crippen LogP contribution in [-0.2, 0) is 49.7 Å². The first-order valence-corrected chi connectivity index (χ1v) is 15.7. The second-order valence-corrected chi connectivity index (χ2v) is 11.9. The molecular formula is C37H40N4O6Zn. The molecule has 0 fully saturated rings. The van der Waals surface area contributed by atoms with E-state index in [4.69, 9.17) is 34.2 Å². The Morgan fingerprint density at radius 3 is 2.31 bits per heavy atom. The molecule has 0 aliphatic carbocycles. The van der Waals surface area contributed by atoms with Crippen molar-refractivity contribution in [3.8, 4) is 0 Å². The molecule has 0 radical (unpaired) electrons. The number of fused-ring (bicyclic) bond motifs is 5. The van der Waals surface area contributed by atoms with Crippen molar-refractivity contribution in [2.24, 2.45) is 26.8 Å². The molecule has 0 saturated carbocycles. The fourth-order valence-electron chi connectivity index (χ4n) is 6.62. The summed E-state index contributed by atoms with van der Waals surface area (Å²) in [6, 6.07) is 0. The molecule has 2 unspecified atom stereocenters. The Labute approximate surface area is 293 Å². The zero-order chi connectivity index (χ0) is 34.2. The van der Waals surface area contributed by atoms with Gasteiger partial charge in [-0.25, -0.2) is 9.98 Å². The molecule has 5 rings (SSSR count). The van der Waals surface area contributed by atoms with E-state index in [2.05, 4.69) is 13.5 Å². The summed E-state index contributed by atoms with van der Waals surface area (Å²) >= 11 is 0. The van der Waals surface area contributed by atoms with Crippen LogP contribution in [0.5, 0.6) is 0 Å². The first-order chi connectivity index (χ1) is 22.5. The van der Waals surface area contributed by atoms with Gasteiger partial charge in [0.1, 0.15) is 0 Å². The van der Waals surface area contributed by atoms with Crippen LogP contribution in [0.4, 0.5) is 0 Å². The molecular weight excluding hydrogens is 662 g/mol. The van der Waals surface area contributed by atoms with E-state index in [-0.39, 0.29) is 55.7 Å².